The predicted molar refractivity (Wildman–Crippen MR) is 61.2 cm³/mol. The van der Waals surface area contributed by atoms with Gasteiger partial charge in [-0.05, 0) is 24.3 Å². The quantitative estimate of drug-likeness (QED) is 0.485. The fraction of sp³-hybridized carbons (Fsp3) is 0.250. The average Bonchev–Trinajstić information content (AvgIpc) is 2.28. The summed E-state index contributed by atoms with van der Waals surface area (Å²) in [5, 5.41) is 2.59. The summed E-state index contributed by atoms with van der Waals surface area (Å²) < 4.78 is 22.5. The molecule has 0 aliphatic heterocycles. The second kappa shape index (κ2) is 6.65. The molecule has 0 heterocycles. The van der Waals surface area contributed by atoms with E-state index >= 15 is 0 Å². The summed E-state index contributed by atoms with van der Waals surface area (Å²) in [6, 6.07) is 5.71. The number of rotatable bonds is 5. The number of hydrogen-bond acceptors (Lipinski definition) is 3. The zero-order valence-electron chi connectivity index (χ0n) is 9.70. The highest BCUT2D eigenvalue weighted by Crippen LogP contribution is 2.12. The van der Waals surface area contributed by atoms with Crippen LogP contribution in [0.25, 0.3) is 5.70 Å². The molecule has 1 aromatic rings. The van der Waals surface area contributed by atoms with Crippen molar-refractivity contribution in [2.24, 2.45) is 0 Å². The van der Waals surface area contributed by atoms with Crippen molar-refractivity contribution >= 4 is 11.6 Å². The molecular weight excluding hydrogens is 225 g/mol. The molecule has 0 unspecified atom stereocenters. The number of halogens is 1. The van der Waals surface area contributed by atoms with Crippen LogP contribution in [0.15, 0.2) is 30.5 Å². The van der Waals surface area contributed by atoms with Crippen molar-refractivity contribution in [3.63, 3.8) is 0 Å². The average molecular weight is 239 g/mol. The third kappa shape index (κ3) is 4.65. The Morgan fingerprint density at radius 2 is 2.06 bits per heavy atom. The zero-order valence-corrected chi connectivity index (χ0v) is 9.70. The molecule has 1 N–H and O–H groups in total. The largest absolute Gasteiger partial charge is 0.473 e. The maximum atomic E-state index is 12.8. The van der Waals surface area contributed by atoms with Gasteiger partial charge in [0.25, 0.3) is 0 Å². The van der Waals surface area contributed by atoms with Crippen molar-refractivity contribution in [2.75, 3.05) is 13.9 Å². The summed E-state index contributed by atoms with van der Waals surface area (Å²) in [6.45, 7) is 1.46. The van der Waals surface area contributed by atoms with Crippen LogP contribution in [0.5, 0.6) is 0 Å². The number of benzene rings is 1. The molecule has 0 spiro atoms. The van der Waals surface area contributed by atoms with E-state index < -0.39 is 0 Å². The Kier molecular flexibility index (Phi) is 5.16. The molecule has 0 saturated heterocycles. The molecule has 0 aromatic heterocycles. The van der Waals surface area contributed by atoms with E-state index in [9.17, 15) is 9.18 Å². The van der Waals surface area contributed by atoms with Gasteiger partial charge in [-0.2, -0.15) is 0 Å². The smallest absolute Gasteiger partial charge is 0.221 e. The van der Waals surface area contributed by atoms with E-state index in [1.54, 1.807) is 12.1 Å². The Labute approximate surface area is 99.0 Å². The molecule has 1 aromatic carbocycles. The van der Waals surface area contributed by atoms with E-state index in [4.69, 9.17) is 9.47 Å². The molecule has 1 rings (SSSR count). The van der Waals surface area contributed by atoms with Gasteiger partial charge in [-0.3, -0.25) is 4.79 Å². The third-order valence-electron chi connectivity index (χ3n) is 1.85. The van der Waals surface area contributed by atoms with Crippen LogP contribution < -0.4 is 5.32 Å². The number of amides is 1. The summed E-state index contributed by atoms with van der Waals surface area (Å²) in [6.07, 6.45) is 1.36. The molecule has 0 saturated carbocycles. The second-order valence-electron chi connectivity index (χ2n) is 3.29. The van der Waals surface area contributed by atoms with Gasteiger partial charge in [0, 0.05) is 19.6 Å². The van der Waals surface area contributed by atoms with E-state index in [1.807, 2.05) is 0 Å². The van der Waals surface area contributed by atoms with Crippen molar-refractivity contribution in [1.82, 2.24) is 5.32 Å². The lowest BCUT2D eigenvalue weighted by atomic mass is 10.1. The second-order valence-corrected chi connectivity index (χ2v) is 3.29. The highest BCUT2D eigenvalue weighted by atomic mass is 19.1. The van der Waals surface area contributed by atoms with Gasteiger partial charge in [0.15, 0.2) is 6.79 Å². The van der Waals surface area contributed by atoms with Crippen LogP contribution in [-0.2, 0) is 14.3 Å². The van der Waals surface area contributed by atoms with Crippen molar-refractivity contribution in [3.8, 4) is 0 Å². The maximum absolute atomic E-state index is 12.8. The first-order valence-electron chi connectivity index (χ1n) is 4.97. The first-order chi connectivity index (χ1) is 8.13. The topological polar surface area (TPSA) is 47.6 Å². The molecule has 4 nitrogen and oxygen atoms in total. The third-order valence-corrected chi connectivity index (χ3v) is 1.85. The number of ether oxygens (including phenoxy) is 2. The Bertz CT molecular complexity index is 401. The van der Waals surface area contributed by atoms with Gasteiger partial charge in [0.2, 0.25) is 5.91 Å². The van der Waals surface area contributed by atoms with E-state index in [1.165, 1.54) is 32.4 Å². The number of carbonyl (C=O) groups excluding carboxylic acids is 1. The Hall–Kier alpha value is -1.88. The lowest BCUT2D eigenvalue weighted by Gasteiger charge is -2.08. The van der Waals surface area contributed by atoms with Crippen molar-refractivity contribution < 1.29 is 18.7 Å². The number of nitrogens with one attached hydrogen (secondary N) is 1. The van der Waals surface area contributed by atoms with Gasteiger partial charge in [-0.15, -0.1) is 0 Å². The minimum Gasteiger partial charge on any atom is -0.473 e. The van der Waals surface area contributed by atoms with Crippen LogP contribution in [0.3, 0.4) is 0 Å². The molecule has 0 fully saturated rings. The molecule has 0 bridgehead atoms. The van der Waals surface area contributed by atoms with Gasteiger partial charge < -0.3 is 14.8 Å². The van der Waals surface area contributed by atoms with Crippen molar-refractivity contribution in [1.29, 1.82) is 0 Å². The number of hydrogen-bond donors (Lipinski definition) is 1. The maximum Gasteiger partial charge on any atom is 0.221 e. The summed E-state index contributed by atoms with van der Waals surface area (Å²) in [5.41, 5.74) is 1.10. The molecule has 0 radical (unpaired) electrons. The Morgan fingerprint density at radius 1 is 1.41 bits per heavy atom. The van der Waals surface area contributed by atoms with Crippen LogP contribution in [0.2, 0.25) is 0 Å². The highest BCUT2D eigenvalue weighted by Gasteiger charge is 2.04. The van der Waals surface area contributed by atoms with Gasteiger partial charge >= 0.3 is 0 Å². The lowest BCUT2D eigenvalue weighted by Crippen LogP contribution is -2.18. The minimum absolute atomic E-state index is 0.0737. The number of methoxy groups -OCH3 is 1. The Morgan fingerprint density at radius 3 is 2.59 bits per heavy atom. The predicted octanol–water partition coefficient (Wildman–Crippen LogP) is 1.88. The molecule has 17 heavy (non-hydrogen) atoms. The van der Waals surface area contributed by atoms with Crippen LogP contribution in [0.4, 0.5) is 4.39 Å². The monoisotopic (exact) mass is 239 g/mol. The highest BCUT2D eigenvalue weighted by molar-refractivity contribution is 5.84. The molecule has 0 aliphatic rings. The minimum atomic E-state index is -0.339. The molecule has 1 amide bonds. The van der Waals surface area contributed by atoms with Gasteiger partial charge in [0.05, 0.1) is 5.70 Å². The molecule has 0 atom stereocenters. The first kappa shape index (κ1) is 13.2. The van der Waals surface area contributed by atoms with Crippen LogP contribution in [0, 0.1) is 5.82 Å². The van der Waals surface area contributed by atoms with Gasteiger partial charge in [-0.1, -0.05) is 0 Å². The summed E-state index contributed by atoms with van der Waals surface area (Å²) >= 11 is 0. The SMILES string of the molecule is COCO/C=C(/NC(C)=O)c1ccc(F)cc1. The van der Waals surface area contributed by atoms with E-state index in [-0.39, 0.29) is 18.5 Å². The summed E-state index contributed by atoms with van der Waals surface area (Å²) in [7, 11) is 1.49. The standard InChI is InChI=1S/C12H14FNO3/c1-9(15)14-12(7-17-8-16-2)10-3-5-11(13)6-4-10/h3-7H,8H2,1-2H3,(H,14,15)/b12-7+. The van der Waals surface area contributed by atoms with Gasteiger partial charge in [-0.25, -0.2) is 4.39 Å². The Balaban J connectivity index is 2.85. The molecular formula is C12H14FNO3. The van der Waals surface area contributed by atoms with E-state index in [0.717, 1.165) is 0 Å². The molecule has 0 aliphatic carbocycles. The summed E-state index contributed by atoms with van der Waals surface area (Å²) in [4.78, 5) is 11.0. The van der Waals surface area contributed by atoms with Crippen molar-refractivity contribution in [2.45, 2.75) is 6.92 Å². The van der Waals surface area contributed by atoms with Crippen LogP contribution >= 0.6 is 0 Å². The fourth-order valence-electron chi connectivity index (χ4n) is 1.17. The lowest BCUT2D eigenvalue weighted by molar-refractivity contribution is -0.117. The van der Waals surface area contributed by atoms with Crippen molar-refractivity contribution in [3.05, 3.63) is 41.9 Å². The molecule has 5 heteroatoms. The summed E-state index contributed by atoms with van der Waals surface area (Å²) in [5.74, 6) is -0.574. The fourth-order valence-corrected chi connectivity index (χ4v) is 1.17. The van der Waals surface area contributed by atoms with E-state index in [0.29, 0.717) is 11.3 Å². The number of carbonyl (C=O) groups is 1. The molecule has 92 valence electrons. The van der Waals surface area contributed by atoms with Crippen LogP contribution in [-0.4, -0.2) is 19.8 Å². The normalized spacial score (nSPS) is 11.1. The first-order valence-corrected chi connectivity index (χ1v) is 4.97. The van der Waals surface area contributed by atoms with E-state index in [2.05, 4.69) is 5.32 Å². The van der Waals surface area contributed by atoms with Crippen LogP contribution in [0.1, 0.15) is 12.5 Å². The van der Waals surface area contributed by atoms with Gasteiger partial charge in [0.1, 0.15) is 12.1 Å². The zero-order chi connectivity index (χ0) is 12.7.